The van der Waals surface area contributed by atoms with E-state index < -0.39 is 16.1 Å². The highest BCUT2D eigenvalue weighted by atomic mass is 32.2. The molecule has 130 valence electrons. The SMILES string of the molecule is COc1ccc(NC(C)C(=O)NC(C)C)cc1S(=O)(=O)N(C)C. The normalized spacial score (nSPS) is 13.0. The molecular weight excluding hydrogens is 318 g/mol. The van der Waals surface area contributed by atoms with Gasteiger partial charge in [0, 0.05) is 25.8 Å². The second-order valence-corrected chi connectivity index (χ2v) is 7.80. The molecule has 0 aliphatic heterocycles. The summed E-state index contributed by atoms with van der Waals surface area (Å²) in [7, 11) is 0.667. The molecule has 23 heavy (non-hydrogen) atoms. The maximum Gasteiger partial charge on any atom is 0.246 e. The lowest BCUT2D eigenvalue weighted by Gasteiger charge is -2.19. The fourth-order valence-corrected chi connectivity index (χ4v) is 2.96. The minimum Gasteiger partial charge on any atom is -0.495 e. The molecule has 0 saturated carbocycles. The Hall–Kier alpha value is -1.80. The van der Waals surface area contributed by atoms with Crippen LogP contribution < -0.4 is 15.4 Å². The van der Waals surface area contributed by atoms with Crippen molar-refractivity contribution < 1.29 is 17.9 Å². The average Bonchev–Trinajstić information content (AvgIpc) is 2.46. The molecule has 1 amide bonds. The van der Waals surface area contributed by atoms with Crippen LogP contribution >= 0.6 is 0 Å². The number of hydrogen-bond donors (Lipinski definition) is 2. The van der Waals surface area contributed by atoms with Crippen LogP contribution in [0.1, 0.15) is 20.8 Å². The second-order valence-electron chi connectivity index (χ2n) is 5.68. The van der Waals surface area contributed by atoms with Crippen molar-refractivity contribution in [2.75, 3.05) is 26.5 Å². The van der Waals surface area contributed by atoms with Gasteiger partial charge in [0.25, 0.3) is 0 Å². The highest BCUT2D eigenvalue weighted by Gasteiger charge is 2.23. The molecule has 0 bridgehead atoms. The standard InChI is InChI=1S/C15H25N3O4S/c1-10(2)16-15(19)11(3)17-12-7-8-13(22-6)14(9-12)23(20,21)18(4)5/h7-11,17H,1-6H3,(H,16,19). The molecule has 7 nitrogen and oxygen atoms in total. The van der Waals surface area contributed by atoms with E-state index in [1.165, 1.54) is 27.3 Å². The molecule has 1 aromatic rings. The zero-order valence-electron chi connectivity index (χ0n) is 14.4. The number of carbonyl (C=O) groups is 1. The number of nitrogens with zero attached hydrogens (tertiary/aromatic N) is 1. The Kier molecular flexibility index (Phi) is 6.40. The number of sulfonamides is 1. The molecule has 0 aromatic heterocycles. The van der Waals surface area contributed by atoms with Crippen molar-refractivity contribution in [3.8, 4) is 5.75 Å². The summed E-state index contributed by atoms with van der Waals surface area (Å²) in [5, 5.41) is 5.79. The van der Waals surface area contributed by atoms with E-state index in [2.05, 4.69) is 10.6 Å². The lowest BCUT2D eigenvalue weighted by atomic mass is 10.2. The third kappa shape index (κ3) is 4.84. The number of amides is 1. The Bertz CT molecular complexity index is 657. The minimum atomic E-state index is -3.65. The molecule has 1 rings (SSSR count). The van der Waals surface area contributed by atoms with Crippen LogP contribution in [0.25, 0.3) is 0 Å². The molecular formula is C15H25N3O4S. The van der Waals surface area contributed by atoms with Crippen molar-refractivity contribution in [3.05, 3.63) is 18.2 Å². The summed E-state index contributed by atoms with van der Waals surface area (Å²) in [6.07, 6.45) is 0. The number of ether oxygens (including phenoxy) is 1. The Morgan fingerprint density at radius 2 is 1.83 bits per heavy atom. The molecule has 1 atom stereocenters. The first-order chi connectivity index (χ1) is 10.6. The Morgan fingerprint density at radius 1 is 1.22 bits per heavy atom. The van der Waals surface area contributed by atoms with Gasteiger partial charge in [-0.25, -0.2) is 12.7 Å². The van der Waals surface area contributed by atoms with Crippen LogP contribution in [0.5, 0.6) is 5.75 Å². The van der Waals surface area contributed by atoms with Gasteiger partial charge < -0.3 is 15.4 Å². The number of methoxy groups -OCH3 is 1. The maximum atomic E-state index is 12.4. The minimum absolute atomic E-state index is 0.0345. The number of anilines is 1. The topological polar surface area (TPSA) is 87.7 Å². The van der Waals surface area contributed by atoms with Gasteiger partial charge in [0.1, 0.15) is 16.7 Å². The molecule has 0 spiro atoms. The first-order valence-corrected chi connectivity index (χ1v) is 8.71. The van der Waals surface area contributed by atoms with Crippen molar-refractivity contribution in [2.45, 2.75) is 37.8 Å². The van der Waals surface area contributed by atoms with Gasteiger partial charge in [0.2, 0.25) is 15.9 Å². The quantitative estimate of drug-likeness (QED) is 0.778. The average molecular weight is 343 g/mol. The van der Waals surface area contributed by atoms with Crippen molar-refractivity contribution in [1.29, 1.82) is 0 Å². The fraction of sp³-hybridized carbons (Fsp3) is 0.533. The monoisotopic (exact) mass is 343 g/mol. The summed E-state index contributed by atoms with van der Waals surface area (Å²) in [5.74, 6) is 0.0939. The van der Waals surface area contributed by atoms with Crippen molar-refractivity contribution >= 4 is 21.6 Å². The first-order valence-electron chi connectivity index (χ1n) is 7.27. The van der Waals surface area contributed by atoms with E-state index in [-0.39, 0.29) is 22.6 Å². The molecule has 0 saturated heterocycles. The number of hydrogen-bond acceptors (Lipinski definition) is 5. The predicted octanol–water partition coefficient (Wildman–Crippen LogP) is 1.27. The summed E-state index contributed by atoms with van der Waals surface area (Å²) in [6.45, 7) is 5.46. The van der Waals surface area contributed by atoms with Crippen LogP contribution in [-0.2, 0) is 14.8 Å². The zero-order chi connectivity index (χ0) is 17.8. The molecule has 2 N–H and O–H groups in total. The summed E-state index contributed by atoms with van der Waals surface area (Å²) in [5.41, 5.74) is 0.526. The summed E-state index contributed by atoms with van der Waals surface area (Å²) in [6, 6.07) is 4.24. The van der Waals surface area contributed by atoms with Crippen molar-refractivity contribution in [1.82, 2.24) is 9.62 Å². The second kappa shape index (κ2) is 7.65. The van der Waals surface area contributed by atoms with Crippen LogP contribution in [0.4, 0.5) is 5.69 Å². The number of rotatable bonds is 7. The summed E-state index contributed by atoms with van der Waals surface area (Å²) < 4.78 is 31.0. The van der Waals surface area contributed by atoms with E-state index in [1.807, 2.05) is 13.8 Å². The lowest BCUT2D eigenvalue weighted by Crippen LogP contribution is -2.41. The third-order valence-electron chi connectivity index (χ3n) is 3.13. The maximum absolute atomic E-state index is 12.4. The Labute approximate surface area is 138 Å². The van der Waals surface area contributed by atoms with E-state index in [0.717, 1.165) is 4.31 Å². The zero-order valence-corrected chi connectivity index (χ0v) is 15.2. The number of benzene rings is 1. The molecule has 8 heteroatoms. The van der Waals surface area contributed by atoms with Gasteiger partial charge in [-0.05, 0) is 39.0 Å². The van der Waals surface area contributed by atoms with Crippen LogP contribution in [0, 0.1) is 0 Å². The number of nitrogens with one attached hydrogen (secondary N) is 2. The van der Waals surface area contributed by atoms with Gasteiger partial charge in [-0.1, -0.05) is 0 Å². The van der Waals surface area contributed by atoms with Gasteiger partial charge in [-0.3, -0.25) is 4.79 Å². The predicted molar refractivity (Wildman–Crippen MR) is 90.2 cm³/mol. The highest BCUT2D eigenvalue weighted by Crippen LogP contribution is 2.29. The fourth-order valence-electron chi connectivity index (χ4n) is 1.89. The van der Waals surface area contributed by atoms with E-state index >= 15 is 0 Å². The highest BCUT2D eigenvalue weighted by molar-refractivity contribution is 7.89. The molecule has 0 radical (unpaired) electrons. The van der Waals surface area contributed by atoms with Crippen LogP contribution in [-0.4, -0.2) is 51.9 Å². The van der Waals surface area contributed by atoms with E-state index in [1.54, 1.807) is 19.1 Å². The smallest absolute Gasteiger partial charge is 0.246 e. The molecule has 1 unspecified atom stereocenters. The summed E-state index contributed by atoms with van der Waals surface area (Å²) in [4.78, 5) is 12.0. The van der Waals surface area contributed by atoms with Gasteiger partial charge in [0.05, 0.1) is 7.11 Å². The van der Waals surface area contributed by atoms with Gasteiger partial charge in [-0.2, -0.15) is 0 Å². The molecule has 0 fully saturated rings. The Balaban J connectivity index is 3.10. The van der Waals surface area contributed by atoms with Gasteiger partial charge in [0.15, 0.2) is 0 Å². The van der Waals surface area contributed by atoms with Crippen LogP contribution in [0.2, 0.25) is 0 Å². The van der Waals surface area contributed by atoms with Gasteiger partial charge in [-0.15, -0.1) is 0 Å². The van der Waals surface area contributed by atoms with E-state index in [9.17, 15) is 13.2 Å². The van der Waals surface area contributed by atoms with Crippen molar-refractivity contribution in [2.24, 2.45) is 0 Å². The van der Waals surface area contributed by atoms with Crippen molar-refractivity contribution in [3.63, 3.8) is 0 Å². The third-order valence-corrected chi connectivity index (χ3v) is 4.97. The van der Waals surface area contributed by atoms with Crippen LogP contribution in [0.3, 0.4) is 0 Å². The molecule has 1 aromatic carbocycles. The largest absolute Gasteiger partial charge is 0.495 e. The lowest BCUT2D eigenvalue weighted by molar-refractivity contribution is -0.122. The number of carbonyl (C=O) groups excluding carboxylic acids is 1. The van der Waals surface area contributed by atoms with Gasteiger partial charge >= 0.3 is 0 Å². The molecule has 0 heterocycles. The Morgan fingerprint density at radius 3 is 2.30 bits per heavy atom. The van der Waals surface area contributed by atoms with Crippen LogP contribution in [0.15, 0.2) is 23.1 Å². The molecule has 0 aliphatic carbocycles. The van der Waals surface area contributed by atoms with E-state index in [0.29, 0.717) is 5.69 Å². The van der Waals surface area contributed by atoms with E-state index in [4.69, 9.17) is 4.74 Å². The molecule has 0 aliphatic rings. The summed E-state index contributed by atoms with van der Waals surface area (Å²) >= 11 is 0. The first kappa shape index (κ1) is 19.2.